The number of likely N-dealkylation sites (tertiary alicyclic amines) is 1. The van der Waals surface area contributed by atoms with Crippen LogP contribution >= 0.6 is 11.3 Å². The summed E-state index contributed by atoms with van der Waals surface area (Å²) in [6.45, 7) is 5.87. The minimum absolute atomic E-state index is 0.0357. The van der Waals surface area contributed by atoms with Gasteiger partial charge >= 0.3 is 0 Å². The van der Waals surface area contributed by atoms with E-state index in [2.05, 4.69) is 23.2 Å². The molecule has 1 saturated heterocycles. The number of benzene rings is 1. The van der Waals surface area contributed by atoms with Crippen LogP contribution in [0.4, 0.5) is 0 Å². The summed E-state index contributed by atoms with van der Waals surface area (Å²) in [6.07, 6.45) is 4.97. The molecule has 1 atom stereocenters. The Morgan fingerprint density at radius 3 is 3.12 bits per heavy atom. The van der Waals surface area contributed by atoms with E-state index in [1.165, 1.54) is 30.7 Å². The lowest BCUT2D eigenvalue weighted by Gasteiger charge is -2.33. The van der Waals surface area contributed by atoms with Crippen LogP contribution in [0.2, 0.25) is 0 Å². The molecule has 1 aromatic carbocycles. The smallest absolute Gasteiger partial charge is 0.261 e. The van der Waals surface area contributed by atoms with Crippen molar-refractivity contribution in [3.8, 4) is 16.2 Å². The standard InChI is InChI=1S/C21H26N2O2S/c1-15-7-4-5-11-23(15)12-6-10-22-21(24)19-13-16-14-25-18-9-3-2-8-17(18)20(16)26-19/h2-3,8-9,13,15H,4-7,10-12,14H2,1H3,(H,22,24)/t15-/m0/s1. The van der Waals surface area contributed by atoms with Crippen LogP contribution in [0.5, 0.6) is 5.75 Å². The largest absolute Gasteiger partial charge is 0.488 e. The Hall–Kier alpha value is -1.85. The third kappa shape index (κ3) is 3.64. The summed E-state index contributed by atoms with van der Waals surface area (Å²) < 4.78 is 5.79. The van der Waals surface area contributed by atoms with Crippen molar-refractivity contribution in [1.29, 1.82) is 0 Å². The highest BCUT2D eigenvalue weighted by Crippen LogP contribution is 2.42. The highest BCUT2D eigenvalue weighted by Gasteiger charge is 2.22. The molecule has 0 aliphatic carbocycles. The van der Waals surface area contributed by atoms with E-state index < -0.39 is 0 Å². The lowest BCUT2D eigenvalue weighted by molar-refractivity contribution is 0.0953. The molecule has 138 valence electrons. The van der Waals surface area contributed by atoms with Crippen molar-refractivity contribution in [2.45, 2.75) is 45.3 Å². The molecule has 5 heteroatoms. The number of hydrogen-bond acceptors (Lipinski definition) is 4. The summed E-state index contributed by atoms with van der Waals surface area (Å²) >= 11 is 1.57. The van der Waals surface area contributed by atoms with Crippen molar-refractivity contribution < 1.29 is 9.53 Å². The summed E-state index contributed by atoms with van der Waals surface area (Å²) in [6, 6.07) is 10.7. The van der Waals surface area contributed by atoms with Crippen molar-refractivity contribution in [3.05, 3.63) is 40.8 Å². The molecule has 1 N–H and O–H groups in total. The molecule has 0 unspecified atom stereocenters. The number of nitrogens with zero attached hydrogens (tertiary/aromatic N) is 1. The number of nitrogens with one attached hydrogen (secondary N) is 1. The molecular formula is C21H26N2O2S. The monoisotopic (exact) mass is 370 g/mol. The van der Waals surface area contributed by atoms with Gasteiger partial charge in [-0.2, -0.15) is 0 Å². The van der Waals surface area contributed by atoms with Crippen LogP contribution in [0.3, 0.4) is 0 Å². The molecule has 0 saturated carbocycles. The second-order valence-electron chi connectivity index (χ2n) is 7.24. The first-order chi connectivity index (χ1) is 12.7. The Bertz CT molecular complexity index is 786. The molecule has 2 aliphatic rings. The van der Waals surface area contributed by atoms with Gasteiger partial charge in [-0.3, -0.25) is 4.79 Å². The zero-order chi connectivity index (χ0) is 17.9. The van der Waals surface area contributed by atoms with Crippen molar-refractivity contribution in [1.82, 2.24) is 10.2 Å². The Morgan fingerprint density at radius 2 is 2.23 bits per heavy atom. The zero-order valence-corrected chi connectivity index (χ0v) is 16.1. The number of para-hydroxylation sites is 1. The lowest BCUT2D eigenvalue weighted by atomic mass is 10.0. The Labute approximate surface area is 159 Å². The fraction of sp³-hybridized carbons (Fsp3) is 0.476. The predicted molar refractivity (Wildman–Crippen MR) is 106 cm³/mol. The van der Waals surface area contributed by atoms with E-state index in [0.29, 0.717) is 12.6 Å². The van der Waals surface area contributed by atoms with Crippen molar-refractivity contribution >= 4 is 17.2 Å². The van der Waals surface area contributed by atoms with Crippen molar-refractivity contribution in [3.63, 3.8) is 0 Å². The van der Waals surface area contributed by atoms with Gasteiger partial charge in [0.15, 0.2) is 0 Å². The van der Waals surface area contributed by atoms with Gasteiger partial charge in [-0.25, -0.2) is 0 Å². The molecule has 4 nitrogen and oxygen atoms in total. The van der Waals surface area contributed by atoms with Crippen LogP contribution < -0.4 is 10.1 Å². The molecule has 0 bridgehead atoms. The fourth-order valence-corrected chi connectivity index (χ4v) is 4.99. The molecule has 0 radical (unpaired) electrons. The van der Waals surface area contributed by atoms with Crippen LogP contribution in [0.1, 0.15) is 47.8 Å². The molecule has 26 heavy (non-hydrogen) atoms. The molecular weight excluding hydrogens is 344 g/mol. The molecule has 1 aromatic heterocycles. The van der Waals surface area contributed by atoms with Crippen LogP contribution in [0.25, 0.3) is 10.4 Å². The second-order valence-corrected chi connectivity index (χ2v) is 8.29. The predicted octanol–water partition coefficient (Wildman–Crippen LogP) is 4.30. The van der Waals surface area contributed by atoms with Crippen LogP contribution in [-0.2, 0) is 6.61 Å². The quantitative estimate of drug-likeness (QED) is 0.798. The number of amides is 1. The fourth-order valence-electron chi connectivity index (χ4n) is 3.87. The van der Waals surface area contributed by atoms with Gasteiger partial charge in [0.2, 0.25) is 0 Å². The van der Waals surface area contributed by atoms with Gasteiger partial charge in [0.1, 0.15) is 12.4 Å². The van der Waals surface area contributed by atoms with Gasteiger partial charge in [-0.15, -0.1) is 11.3 Å². The first-order valence-electron chi connectivity index (χ1n) is 9.59. The number of hydrogen-bond donors (Lipinski definition) is 1. The first-order valence-corrected chi connectivity index (χ1v) is 10.4. The van der Waals surface area contributed by atoms with Gasteiger partial charge in [0.25, 0.3) is 5.91 Å². The van der Waals surface area contributed by atoms with Crippen LogP contribution in [0.15, 0.2) is 30.3 Å². The van der Waals surface area contributed by atoms with Gasteiger partial charge in [0.05, 0.1) is 4.88 Å². The third-order valence-electron chi connectivity index (χ3n) is 5.40. The van der Waals surface area contributed by atoms with Gasteiger partial charge in [-0.1, -0.05) is 18.6 Å². The second kappa shape index (κ2) is 7.80. The maximum Gasteiger partial charge on any atom is 0.261 e. The average Bonchev–Trinajstić information content (AvgIpc) is 3.11. The van der Waals surface area contributed by atoms with Gasteiger partial charge in [0, 0.05) is 35.1 Å². The summed E-state index contributed by atoms with van der Waals surface area (Å²) in [7, 11) is 0. The van der Waals surface area contributed by atoms with E-state index in [0.717, 1.165) is 41.3 Å². The van der Waals surface area contributed by atoms with Crippen LogP contribution in [0, 0.1) is 0 Å². The minimum atomic E-state index is 0.0357. The minimum Gasteiger partial charge on any atom is -0.488 e. The number of fused-ring (bicyclic) bond motifs is 3. The topological polar surface area (TPSA) is 41.6 Å². The maximum absolute atomic E-state index is 12.5. The maximum atomic E-state index is 12.5. The highest BCUT2D eigenvalue weighted by molar-refractivity contribution is 7.17. The lowest BCUT2D eigenvalue weighted by Crippen LogP contribution is -2.39. The molecule has 0 spiro atoms. The van der Waals surface area contributed by atoms with Crippen molar-refractivity contribution in [2.75, 3.05) is 19.6 Å². The number of carbonyl (C=O) groups excluding carboxylic acids is 1. The third-order valence-corrected chi connectivity index (χ3v) is 6.61. The Morgan fingerprint density at radius 1 is 1.35 bits per heavy atom. The summed E-state index contributed by atoms with van der Waals surface area (Å²) in [4.78, 5) is 17.0. The molecule has 2 aliphatic heterocycles. The normalized spacial score (nSPS) is 19.3. The van der Waals surface area contributed by atoms with E-state index in [4.69, 9.17) is 4.74 Å². The van der Waals surface area contributed by atoms with E-state index in [9.17, 15) is 4.79 Å². The van der Waals surface area contributed by atoms with E-state index in [1.54, 1.807) is 11.3 Å². The van der Waals surface area contributed by atoms with Gasteiger partial charge in [-0.05, 0) is 50.9 Å². The van der Waals surface area contributed by atoms with E-state index >= 15 is 0 Å². The number of thiophene rings is 1. The number of carbonyl (C=O) groups is 1. The first kappa shape index (κ1) is 17.6. The van der Waals surface area contributed by atoms with E-state index in [1.807, 2.05) is 24.3 Å². The molecule has 4 rings (SSSR count). The SMILES string of the molecule is C[C@H]1CCCCN1CCCNC(=O)c1cc2c(s1)-c1ccccc1OC2. The molecule has 1 amide bonds. The Kier molecular flexibility index (Phi) is 5.27. The van der Waals surface area contributed by atoms with Gasteiger partial charge < -0.3 is 15.0 Å². The molecule has 1 fully saturated rings. The molecule has 2 aromatic rings. The molecule has 3 heterocycles. The number of ether oxygens (including phenoxy) is 1. The zero-order valence-electron chi connectivity index (χ0n) is 15.3. The van der Waals surface area contributed by atoms with E-state index in [-0.39, 0.29) is 5.91 Å². The van der Waals surface area contributed by atoms with Crippen LogP contribution in [-0.4, -0.2) is 36.5 Å². The average molecular weight is 371 g/mol. The Balaban J connectivity index is 1.33. The summed E-state index contributed by atoms with van der Waals surface area (Å²) in [5.41, 5.74) is 2.21. The van der Waals surface area contributed by atoms with Crippen molar-refractivity contribution in [2.24, 2.45) is 0 Å². The summed E-state index contributed by atoms with van der Waals surface area (Å²) in [5.74, 6) is 0.943. The number of rotatable bonds is 5. The highest BCUT2D eigenvalue weighted by atomic mass is 32.1. The number of piperidine rings is 1. The summed E-state index contributed by atoms with van der Waals surface area (Å²) in [5, 5.41) is 3.09.